The zero-order valence-corrected chi connectivity index (χ0v) is 16.6. The fraction of sp³-hybridized carbons (Fsp3) is 0.350. The molecule has 27 heavy (non-hydrogen) atoms. The fourth-order valence-corrected chi connectivity index (χ4v) is 4.28. The van der Waals surface area contributed by atoms with E-state index >= 15 is 0 Å². The Kier molecular flexibility index (Phi) is 4.70. The number of thiazole rings is 1. The molecule has 1 aromatic carbocycles. The van der Waals surface area contributed by atoms with Crippen LogP contribution in [0.5, 0.6) is 0 Å². The summed E-state index contributed by atoms with van der Waals surface area (Å²) in [7, 11) is 3.59. The first kappa shape index (κ1) is 17.7. The van der Waals surface area contributed by atoms with Gasteiger partial charge in [0.05, 0.1) is 23.2 Å². The van der Waals surface area contributed by atoms with Gasteiger partial charge in [-0.15, -0.1) is 11.3 Å². The van der Waals surface area contributed by atoms with Crippen LogP contribution in [0.15, 0.2) is 42.0 Å². The Balaban J connectivity index is 1.70. The average molecular weight is 382 g/mol. The summed E-state index contributed by atoms with van der Waals surface area (Å²) in [5, 5.41) is 3.16. The molecule has 0 spiro atoms. The van der Waals surface area contributed by atoms with Crippen LogP contribution in [0.3, 0.4) is 0 Å². The van der Waals surface area contributed by atoms with Gasteiger partial charge in [0.2, 0.25) is 0 Å². The first-order valence-electron chi connectivity index (χ1n) is 8.99. The SMILES string of the molecule is Cc1nc(Cn2ccnc2[C@H]2CN(C(=O)N(C)C)Cc3ccccc32)cs1. The van der Waals surface area contributed by atoms with Gasteiger partial charge in [-0.3, -0.25) is 0 Å². The third kappa shape index (κ3) is 3.47. The van der Waals surface area contributed by atoms with Gasteiger partial charge in [0.25, 0.3) is 0 Å². The van der Waals surface area contributed by atoms with Crippen LogP contribution in [0.1, 0.15) is 33.6 Å². The van der Waals surface area contributed by atoms with Crippen LogP contribution in [0.25, 0.3) is 0 Å². The number of carbonyl (C=O) groups is 1. The predicted molar refractivity (Wildman–Crippen MR) is 106 cm³/mol. The molecule has 0 fully saturated rings. The highest BCUT2D eigenvalue weighted by atomic mass is 32.1. The van der Waals surface area contributed by atoms with E-state index in [9.17, 15) is 4.79 Å². The van der Waals surface area contributed by atoms with Crippen LogP contribution in [0.2, 0.25) is 0 Å². The minimum Gasteiger partial charge on any atom is -0.331 e. The Hall–Kier alpha value is -2.67. The highest BCUT2D eigenvalue weighted by molar-refractivity contribution is 7.09. The summed E-state index contributed by atoms with van der Waals surface area (Å²) < 4.78 is 2.15. The number of fused-ring (bicyclic) bond motifs is 1. The molecule has 2 aromatic heterocycles. The number of benzene rings is 1. The Bertz CT molecular complexity index is 961. The summed E-state index contributed by atoms with van der Waals surface area (Å²) in [4.78, 5) is 25.4. The Labute approximate surface area is 163 Å². The maximum atomic E-state index is 12.6. The molecule has 0 radical (unpaired) electrons. The lowest BCUT2D eigenvalue weighted by atomic mass is 9.89. The molecule has 0 bridgehead atoms. The number of imidazole rings is 1. The van der Waals surface area contributed by atoms with E-state index in [1.807, 2.05) is 30.3 Å². The van der Waals surface area contributed by atoms with Gasteiger partial charge in [0, 0.05) is 45.0 Å². The van der Waals surface area contributed by atoms with Gasteiger partial charge in [-0.25, -0.2) is 14.8 Å². The summed E-state index contributed by atoms with van der Waals surface area (Å²) in [6.45, 7) is 3.97. The Morgan fingerprint density at radius 3 is 2.89 bits per heavy atom. The summed E-state index contributed by atoms with van der Waals surface area (Å²) in [6, 6.07) is 8.39. The zero-order chi connectivity index (χ0) is 19.0. The van der Waals surface area contributed by atoms with Crippen LogP contribution < -0.4 is 0 Å². The first-order chi connectivity index (χ1) is 13.0. The second-order valence-electron chi connectivity index (χ2n) is 7.08. The highest BCUT2D eigenvalue weighted by Crippen LogP contribution is 2.33. The van der Waals surface area contributed by atoms with E-state index in [1.54, 1.807) is 30.3 Å². The molecule has 2 amide bonds. The molecule has 0 N–H and O–H groups in total. The molecule has 1 atom stereocenters. The van der Waals surface area contributed by atoms with Gasteiger partial charge in [-0.05, 0) is 18.1 Å². The van der Waals surface area contributed by atoms with Gasteiger partial charge >= 0.3 is 6.03 Å². The molecule has 0 saturated heterocycles. The predicted octanol–water partition coefficient (Wildman–Crippen LogP) is 3.33. The molecule has 0 saturated carbocycles. The number of urea groups is 1. The maximum Gasteiger partial charge on any atom is 0.319 e. The van der Waals surface area contributed by atoms with Crippen molar-refractivity contribution in [3.63, 3.8) is 0 Å². The van der Waals surface area contributed by atoms with Crippen molar-refractivity contribution in [1.82, 2.24) is 24.3 Å². The van der Waals surface area contributed by atoms with Crippen molar-refractivity contribution in [1.29, 1.82) is 0 Å². The van der Waals surface area contributed by atoms with Crippen LogP contribution in [0, 0.1) is 6.92 Å². The summed E-state index contributed by atoms with van der Waals surface area (Å²) in [6.07, 6.45) is 3.84. The molecule has 1 aliphatic heterocycles. The van der Waals surface area contributed by atoms with Crippen LogP contribution in [0.4, 0.5) is 4.79 Å². The maximum absolute atomic E-state index is 12.6. The van der Waals surface area contributed by atoms with Crippen molar-refractivity contribution in [2.45, 2.75) is 25.9 Å². The normalized spacial score (nSPS) is 16.3. The van der Waals surface area contributed by atoms with Gasteiger partial charge in [0.15, 0.2) is 0 Å². The molecule has 7 heteroatoms. The summed E-state index contributed by atoms with van der Waals surface area (Å²) >= 11 is 1.66. The third-order valence-corrected chi connectivity index (χ3v) is 5.73. The summed E-state index contributed by atoms with van der Waals surface area (Å²) in [5.74, 6) is 1.03. The summed E-state index contributed by atoms with van der Waals surface area (Å²) in [5.41, 5.74) is 3.48. The van der Waals surface area contributed by atoms with E-state index in [-0.39, 0.29) is 11.9 Å². The molecule has 1 aliphatic rings. The lowest BCUT2D eigenvalue weighted by Crippen LogP contribution is -2.44. The number of hydrogen-bond acceptors (Lipinski definition) is 4. The molecular formula is C20H23N5OS. The highest BCUT2D eigenvalue weighted by Gasteiger charge is 2.32. The van der Waals surface area contributed by atoms with Crippen molar-refractivity contribution >= 4 is 17.4 Å². The van der Waals surface area contributed by atoms with E-state index in [4.69, 9.17) is 0 Å². The topological polar surface area (TPSA) is 54.3 Å². The fourth-order valence-electron chi connectivity index (χ4n) is 3.68. The molecule has 3 aromatic rings. The molecule has 140 valence electrons. The minimum atomic E-state index is 0.0303. The van der Waals surface area contributed by atoms with Crippen LogP contribution in [-0.4, -0.2) is 51.0 Å². The molecule has 0 aliphatic carbocycles. The van der Waals surface area contributed by atoms with E-state index in [0.29, 0.717) is 19.6 Å². The Morgan fingerprint density at radius 2 is 2.15 bits per heavy atom. The number of nitrogens with zero attached hydrogens (tertiary/aromatic N) is 5. The number of aryl methyl sites for hydroxylation is 1. The molecular weight excluding hydrogens is 358 g/mol. The smallest absolute Gasteiger partial charge is 0.319 e. The second-order valence-corrected chi connectivity index (χ2v) is 8.14. The quantitative estimate of drug-likeness (QED) is 0.699. The van der Waals surface area contributed by atoms with Gasteiger partial charge in [-0.1, -0.05) is 24.3 Å². The number of amides is 2. The largest absolute Gasteiger partial charge is 0.331 e. The zero-order valence-electron chi connectivity index (χ0n) is 15.8. The molecule has 3 heterocycles. The van der Waals surface area contributed by atoms with Crippen LogP contribution in [-0.2, 0) is 13.1 Å². The lowest BCUT2D eigenvalue weighted by Gasteiger charge is -2.36. The van der Waals surface area contributed by atoms with Gasteiger partial charge in [-0.2, -0.15) is 0 Å². The van der Waals surface area contributed by atoms with Gasteiger partial charge < -0.3 is 14.4 Å². The molecule has 0 unspecified atom stereocenters. The Morgan fingerprint density at radius 1 is 1.33 bits per heavy atom. The second kappa shape index (κ2) is 7.15. The van der Waals surface area contributed by atoms with Gasteiger partial charge in [0.1, 0.15) is 5.82 Å². The van der Waals surface area contributed by atoms with E-state index < -0.39 is 0 Å². The van der Waals surface area contributed by atoms with E-state index in [2.05, 4.69) is 38.1 Å². The molecule has 4 rings (SSSR count). The lowest BCUT2D eigenvalue weighted by molar-refractivity contribution is 0.161. The molecule has 6 nitrogen and oxygen atoms in total. The standard InChI is InChI=1S/C20H23N5OS/c1-14-22-16(13-27-14)11-24-9-8-21-19(24)18-12-25(20(26)23(2)3)10-15-6-4-5-7-17(15)18/h4-9,13,18H,10-12H2,1-3H3/t18-/m0/s1. The van der Waals surface area contributed by atoms with E-state index in [1.165, 1.54) is 11.1 Å². The van der Waals surface area contributed by atoms with Crippen molar-refractivity contribution in [2.24, 2.45) is 0 Å². The van der Waals surface area contributed by atoms with Crippen molar-refractivity contribution in [3.8, 4) is 0 Å². The van der Waals surface area contributed by atoms with E-state index in [0.717, 1.165) is 16.5 Å². The number of rotatable bonds is 3. The van der Waals surface area contributed by atoms with Crippen molar-refractivity contribution in [2.75, 3.05) is 20.6 Å². The minimum absolute atomic E-state index is 0.0303. The monoisotopic (exact) mass is 381 g/mol. The first-order valence-corrected chi connectivity index (χ1v) is 9.87. The average Bonchev–Trinajstić information content (AvgIpc) is 3.29. The third-order valence-electron chi connectivity index (χ3n) is 4.91. The van der Waals surface area contributed by atoms with Crippen molar-refractivity contribution < 1.29 is 4.79 Å². The van der Waals surface area contributed by atoms with Crippen molar-refractivity contribution in [3.05, 3.63) is 69.7 Å². The number of hydrogen-bond donors (Lipinski definition) is 0. The number of aromatic nitrogens is 3. The van der Waals surface area contributed by atoms with Crippen LogP contribution >= 0.6 is 11.3 Å². The number of carbonyl (C=O) groups excluding carboxylic acids is 1.